The maximum atomic E-state index is 13.5. The van der Waals surface area contributed by atoms with E-state index in [0.717, 1.165) is 17.9 Å². The second-order valence-corrected chi connectivity index (χ2v) is 6.13. The van der Waals surface area contributed by atoms with E-state index in [-0.39, 0.29) is 17.8 Å². The molecular weight excluding hydrogens is 319 g/mol. The molecule has 3 rings (SSSR count). The van der Waals surface area contributed by atoms with Crippen molar-refractivity contribution in [2.24, 2.45) is 0 Å². The summed E-state index contributed by atoms with van der Waals surface area (Å²) in [5.74, 6) is 0.633. The highest BCUT2D eigenvalue weighted by Gasteiger charge is 2.27. The highest BCUT2D eigenvalue weighted by atomic mass is 19.1. The number of benzene rings is 2. The normalized spacial score (nSPS) is 17.3. The first-order chi connectivity index (χ1) is 12.2. The fourth-order valence-corrected chi connectivity index (χ4v) is 3.09. The van der Waals surface area contributed by atoms with E-state index in [2.05, 4.69) is 5.32 Å². The van der Waals surface area contributed by atoms with Crippen LogP contribution in [-0.4, -0.2) is 37.0 Å². The van der Waals surface area contributed by atoms with Crippen molar-refractivity contribution in [3.05, 3.63) is 66.0 Å². The molecular formula is C20H23FN2O2. The van der Waals surface area contributed by atoms with Gasteiger partial charge in [0.15, 0.2) is 0 Å². The van der Waals surface area contributed by atoms with Gasteiger partial charge in [0.2, 0.25) is 5.91 Å². The molecule has 1 fully saturated rings. The van der Waals surface area contributed by atoms with Gasteiger partial charge in [0.05, 0.1) is 12.6 Å². The molecule has 4 nitrogen and oxygen atoms in total. The molecule has 2 aromatic rings. The number of carbonyl (C=O) groups is 1. The number of nitrogens with one attached hydrogen (secondary N) is 1. The van der Waals surface area contributed by atoms with E-state index >= 15 is 0 Å². The zero-order chi connectivity index (χ0) is 17.5. The first-order valence-corrected chi connectivity index (χ1v) is 8.67. The zero-order valence-corrected chi connectivity index (χ0v) is 14.2. The summed E-state index contributed by atoms with van der Waals surface area (Å²) in [5.41, 5.74) is 0.834. The van der Waals surface area contributed by atoms with Gasteiger partial charge in [-0.05, 0) is 36.2 Å². The fraction of sp³-hybridized carbons (Fsp3) is 0.350. The predicted octanol–water partition coefficient (Wildman–Crippen LogP) is 3.16. The molecule has 1 N–H and O–H groups in total. The molecule has 1 heterocycles. The van der Waals surface area contributed by atoms with Crippen molar-refractivity contribution in [3.8, 4) is 5.75 Å². The lowest BCUT2D eigenvalue weighted by molar-refractivity contribution is -0.134. The van der Waals surface area contributed by atoms with Gasteiger partial charge in [0.25, 0.3) is 0 Å². The fourth-order valence-electron chi connectivity index (χ4n) is 3.09. The second kappa shape index (κ2) is 8.62. The van der Waals surface area contributed by atoms with Crippen LogP contribution in [0.2, 0.25) is 0 Å². The predicted molar refractivity (Wildman–Crippen MR) is 94.9 cm³/mol. The summed E-state index contributed by atoms with van der Waals surface area (Å²) in [6, 6.07) is 16.0. The van der Waals surface area contributed by atoms with Crippen molar-refractivity contribution in [1.29, 1.82) is 0 Å². The molecule has 0 aromatic heterocycles. The average Bonchev–Trinajstić information content (AvgIpc) is 2.66. The van der Waals surface area contributed by atoms with Gasteiger partial charge in [-0.25, -0.2) is 4.39 Å². The number of amides is 1. The van der Waals surface area contributed by atoms with Gasteiger partial charge in [-0.2, -0.15) is 0 Å². The van der Waals surface area contributed by atoms with E-state index in [1.54, 1.807) is 6.07 Å². The Labute approximate surface area is 147 Å². The minimum atomic E-state index is -0.272. The largest absolute Gasteiger partial charge is 0.494 e. The number of rotatable bonds is 6. The highest BCUT2D eigenvalue weighted by molar-refractivity contribution is 5.77. The molecule has 1 aliphatic heterocycles. The van der Waals surface area contributed by atoms with Crippen molar-refractivity contribution in [2.75, 3.05) is 26.2 Å². The summed E-state index contributed by atoms with van der Waals surface area (Å²) >= 11 is 0. The molecule has 1 aliphatic rings. The SMILES string of the molecule is O=C(CCCOc1ccccc1)N1CCNCC1c1cccc(F)c1. The van der Waals surface area contributed by atoms with Crippen LogP contribution in [0.5, 0.6) is 5.75 Å². The molecule has 0 bridgehead atoms. The molecule has 1 atom stereocenters. The van der Waals surface area contributed by atoms with E-state index in [0.29, 0.717) is 32.5 Å². The molecule has 2 aromatic carbocycles. The van der Waals surface area contributed by atoms with Crippen molar-refractivity contribution in [3.63, 3.8) is 0 Å². The van der Waals surface area contributed by atoms with Gasteiger partial charge in [0, 0.05) is 26.1 Å². The van der Waals surface area contributed by atoms with Gasteiger partial charge in [-0.3, -0.25) is 4.79 Å². The average molecular weight is 342 g/mol. The van der Waals surface area contributed by atoms with Crippen LogP contribution in [0.3, 0.4) is 0 Å². The van der Waals surface area contributed by atoms with Crippen LogP contribution in [0, 0.1) is 5.82 Å². The highest BCUT2D eigenvalue weighted by Crippen LogP contribution is 2.24. The first kappa shape index (κ1) is 17.4. The second-order valence-electron chi connectivity index (χ2n) is 6.13. The summed E-state index contributed by atoms with van der Waals surface area (Å²) < 4.78 is 19.2. The van der Waals surface area contributed by atoms with Crippen molar-refractivity contribution in [2.45, 2.75) is 18.9 Å². The lowest BCUT2D eigenvalue weighted by Gasteiger charge is -2.36. The lowest BCUT2D eigenvalue weighted by Crippen LogP contribution is -2.48. The molecule has 132 valence electrons. The number of nitrogens with zero attached hydrogens (tertiary/aromatic N) is 1. The Balaban J connectivity index is 1.54. The Morgan fingerprint density at radius 3 is 2.84 bits per heavy atom. The van der Waals surface area contributed by atoms with Crippen LogP contribution in [0.4, 0.5) is 4.39 Å². The Hall–Kier alpha value is -2.40. The van der Waals surface area contributed by atoms with Gasteiger partial charge in [-0.15, -0.1) is 0 Å². The lowest BCUT2D eigenvalue weighted by atomic mass is 10.0. The van der Waals surface area contributed by atoms with Crippen LogP contribution in [-0.2, 0) is 4.79 Å². The number of halogens is 1. The van der Waals surface area contributed by atoms with E-state index in [9.17, 15) is 9.18 Å². The molecule has 25 heavy (non-hydrogen) atoms. The summed E-state index contributed by atoms with van der Waals surface area (Å²) in [6.45, 7) is 2.56. The smallest absolute Gasteiger partial charge is 0.223 e. The third-order valence-corrected chi connectivity index (χ3v) is 4.34. The number of piperazine rings is 1. The summed E-state index contributed by atoms with van der Waals surface area (Å²) in [5, 5.41) is 3.29. The van der Waals surface area contributed by atoms with E-state index in [1.165, 1.54) is 12.1 Å². The topological polar surface area (TPSA) is 41.6 Å². The maximum absolute atomic E-state index is 13.5. The van der Waals surface area contributed by atoms with E-state index in [1.807, 2.05) is 41.3 Å². The third-order valence-electron chi connectivity index (χ3n) is 4.34. The standard InChI is InChI=1S/C20H23FN2O2/c21-17-7-4-6-16(14-17)19-15-22-11-12-23(19)20(24)10-5-13-25-18-8-2-1-3-9-18/h1-4,6-9,14,19,22H,5,10-13,15H2. The van der Waals surface area contributed by atoms with Gasteiger partial charge >= 0.3 is 0 Å². The molecule has 0 radical (unpaired) electrons. The molecule has 1 amide bonds. The van der Waals surface area contributed by atoms with Gasteiger partial charge in [-0.1, -0.05) is 30.3 Å². The van der Waals surface area contributed by atoms with Gasteiger partial charge < -0.3 is 15.0 Å². The zero-order valence-electron chi connectivity index (χ0n) is 14.2. The number of hydrogen-bond donors (Lipinski definition) is 1. The monoisotopic (exact) mass is 342 g/mol. The first-order valence-electron chi connectivity index (χ1n) is 8.67. The summed E-state index contributed by atoms with van der Waals surface area (Å²) in [7, 11) is 0. The Bertz CT molecular complexity index is 693. The molecule has 5 heteroatoms. The Morgan fingerprint density at radius 2 is 2.04 bits per heavy atom. The summed E-state index contributed by atoms with van der Waals surface area (Å²) in [4.78, 5) is 14.5. The number of carbonyl (C=O) groups excluding carboxylic acids is 1. The third kappa shape index (κ3) is 4.79. The van der Waals surface area contributed by atoms with Crippen molar-refractivity contribution >= 4 is 5.91 Å². The maximum Gasteiger partial charge on any atom is 0.223 e. The van der Waals surface area contributed by atoms with E-state index in [4.69, 9.17) is 4.74 Å². The van der Waals surface area contributed by atoms with Crippen LogP contribution in [0.15, 0.2) is 54.6 Å². The van der Waals surface area contributed by atoms with Crippen LogP contribution < -0.4 is 10.1 Å². The molecule has 0 saturated carbocycles. The Morgan fingerprint density at radius 1 is 1.20 bits per heavy atom. The summed E-state index contributed by atoms with van der Waals surface area (Å²) in [6.07, 6.45) is 1.09. The van der Waals surface area contributed by atoms with Crippen LogP contribution in [0.1, 0.15) is 24.4 Å². The molecule has 1 saturated heterocycles. The van der Waals surface area contributed by atoms with E-state index < -0.39 is 0 Å². The van der Waals surface area contributed by atoms with Crippen molar-refractivity contribution in [1.82, 2.24) is 10.2 Å². The molecule has 1 unspecified atom stereocenters. The number of hydrogen-bond acceptors (Lipinski definition) is 3. The Kier molecular flexibility index (Phi) is 6.01. The molecule has 0 spiro atoms. The van der Waals surface area contributed by atoms with Crippen LogP contribution >= 0.6 is 0 Å². The van der Waals surface area contributed by atoms with Crippen LogP contribution in [0.25, 0.3) is 0 Å². The number of para-hydroxylation sites is 1. The van der Waals surface area contributed by atoms with Crippen molar-refractivity contribution < 1.29 is 13.9 Å². The minimum Gasteiger partial charge on any atom is -0.494 e. The number of ether oxygens (including phenoxy) is 1. The van der Waals surface area contributed by atoms with Gasteiger partial charge in [0.1, 0.15) is 11.6 Å². The quantitative estimate of drug-likeness (QED) is 0.820. The minimum absolute atomic E-state index is 0.0902. The molecule has 0 aliphatic carbocycles.